The van der Waals surface area contributed by atoms with Crippen LogP contribution < -0.4 is 5.32 Å². The third-order valence-corrected chi connectivity index (χ3v) is 5.18. The van der Waals surface area contributed by atoms with Gasteiger partial charge in [0.1, 0.15) is 0 Å². The molecule has 0 radical (unpaired) electrons. The Balaban J connectivity index is 3.06. The van der Waals surface area contributed by atoms with Gasteiger partial charge >= 0.3 is 0 Å². The SMILES string of the molecule is CCNC(=O)CN(CC)S(=O)(=O)c1c(Br)nnn1C. The van der Waals surface area contributed by atoms with Gasteiger partial charge in [-0.25, -0.2) is 13.1 Å². The molecule has 0 unspecified atom stereocenters. The summed E-state index contributed by atoms with van der Waals surface area (Å²) < 4.78 is 27.2. The van der Waals surface area contributed by atoms with Gasteiger partial charge in [-0.3, -0.25) is 4.79 Å². The van der Waals surface area contributed by atoms with Crippen LogP contribution in [0.25, 0.3) is 0 Å². The van der Waals surface area contributed by atoms with Crippen molar-refractivity contribution in [2.75, 3.05) is 19.6 Å². The van der Waals surface area contributed by atoms with Gasteiger partial charge < -0.3 is 5.32 Å². The van der Waals surface area contributed by atoms with Crippen LogP contribution >= 0.6 is 15.9 Å². The van der Waals surface area contributed by atoms with E-state index in [-0.39, 0.29) is 28.6 Å². The molecule has 8 nitrogen and oxygen atoms in total. The second-order valence-corrected chi connectivity index (χ2v) is 6.30. The van der Waals surface area contributed by atoms with Gasteiger partial charge in [-0.1, -0.05) is 12.1 Å². The number of hydrogen-bond acceptors (Lipinski definition) is 5. The maximum atomic E-state index is 12.4. The molecular formula is C9H16BrN5O3S. The Bertz CT molecular complexity index is 537. The van der Waals surface area contributed by atoms with Crippen LogP contribution in [0.3, 0.4) is 0 Å². The number of halogens is 1. The third kappa shape index (κ3) is 3.51. The number of carbonyl (C=O) groups is 1. The summed E-state index contributed by atoms with van der Waals surface area (Å²) in [7, 11) is -2.34. The Kier molecular flexibility index (Phi) is 5.44. The highest BCUT2D eigenvalue weighted by atomic mass is 79.9. The molecule has 0 aromatic carbocycles. The lowest BCUT2D eigenvalue weighted by Crippen LogP contribution is -2.41. The molecule has 0 fully saturated rings. The molecule has 108 valence electrons. The minimum Gasteiger partial charge on any atom is -0.355 e. The zero-order chi connectivity index (χ0) is 14.6. The lowest BCUT2D eigenvalue weighted by molar-refractivity contribution is -0.121. The maximum Gasteiger partial charge on any atom is 0.263 e. The zero-order valence-corrected chi connectivity index (χ0v) is 13.3. The van der Waals surface area contributed by atoms with E-state index in [1.807, 2.05) is 0 Å². The fourth-order valence-corrected chi connectivity index (χ4v) is 3.94. The minimum absolute atomic E-state index is 0.0707. The summed E-state index contributed by atoms with van der Waals surface area (Å²) >= 11 is 3.05. The van der Waals surface area contributed by atoms with Crippen molar-refractivity contribution >= 4 is 31.9 Å². The number of nitrogens with zero attached hydrogens (tertiary/aromatic N) is 4. The van der Waals surface area contributed by atoms with Crippen LogP contribution in [0.15, 0.2) is 9.63 Å². The van der Waals surface area contributed by atoms with Crippen LogP contribution in [0.1, 0.15) is 13.8 Å². The van der Waals surface area contributed by atoms with E-state index in [2.05, 4.69) is 31.6 Å². The maximum absolute atomic E-state index is 12.4. The number of amides is 1. The molecule has 0 saturated heterocycles. The van der Waals surface area contributed by atoms with Crippen molar-refractivity contribution < 1.29 is 13.2 Å². The summed E-state index contributed by atoms with van der Waals surface area (Å²) in [6.45, 7) is 3.83. The van der Waals surface area contributed by atoms with Gasteiger partial charge in [-0.15, -0.1) is 5.10 Å². The Morgan fingerprint density at radius 2 is 2.11 bits per heavy atom. The first-order valence-corrected chi connectivity index (χ1v) is 7.89. The number of likely N-dealkylation sites (N-methyl/N-ethyl adjacent to an activating group) is 2. The fraction of sp³-hybridized carbons (Fsp3) is 0.667. The molecule has 0 bridgehead atoms. The van der Waals surface area contributed by atoms with Crippen molar-refractivity contribution in [2.45, 2.75) is 18.9 Å². The molecule has 1 heterocycles. The first-order chi connectivity index (χ1) is 8.84. The van der Waals surface area contributed by atoms with Crippen LogP contribution in [0.4, 0.5) is 0 Å². The van der Waals surface area contributed by atoms with Gasteiger partial charge in [0.25, 0.3) is 10.0 Å². The van der Waals surface area contributed by atoms with Gasteiger partial charge in [-0.05, 0) is 22.9 Å². The van der Waals surface area contributed by atoms with E-state index < -0.39 is 10.0 Å². The summed E-state index contributed by atoms with van der Waals surface area (Å²) in [5, 5.41) is 9.76. The number of carbonyl (C=O) groups excluding carboxylic acids is 1. The molecule has 1 aromatic rings. The quantitative estimate of drug-likeness (QED) is 0.758. The highest BCUT2D eigenvalue weighted by Crippen LogP contribution is 2.21. The molecule has 1 rings (SSSR count). The number of nitrogens with one attached hydrogen (secondary N) is 1. The molecule has 0 atom stereocenters. The number of rotatable bonds is 6. The zero-order valence-electron chi connectivity index (χ0n) is 10.9. The second kappa shape index (κ2) is 6.44. The predicted molar refractivity (Wildman–Crippen MR) is 71.8 cm³/mol. The predicted octanol–water partition coefficient (Wildman–Crippen LogP) is -0.276. The average Bonchev–Trinajstić information content (AvgIpc) is 2.66. The summed E-state index contributed by atoms with van der Waals surface area (Å²) in [6, 6.07) is 0. The van der Waals surface area contributed by atoms with Gasteiger partial charge in [0, 0.05) is 20.1 Å². The summed E-state index contributed by atoms with van der Waals surface area (Å²) in [4.78, 5) is 11.5. The minimum atomic E-state index is -3.82. The summed E-state index contributed by atoms with van der Waals surface area (Å²) in [5.74, 6) is -0.348. The largest absolute Gasteiger partial charge is 0.355 e. The average molecular weight is 354 g/mol. The normalized spacial score (nSPS) is 11.8. The number of sulfonamides is 1. The number of hydrogen-bond donors (Lipinski definition) is 1. The van der Waals surface area contributed by atoms with Crippen molar-refractivity contribution in [1.29, 1.82) is 0 Å². The fourth-order valence-electron chi connectivity index (χ4n) is 1.50. The smallest absolute Gasteiger partial charge is 0.263 e. The van der Waals surface area contributed by atoms with Crippen molar-refractivity contribution in [3.63, 3.8) is 0 Å². The molecule has 1 amide bonds. The van der Waals surface area contributed by atoms with Crippen LogP contribution in [0.2, 0.25) is 0 Å². The van der Waals surface area contributed by atoms with E-state index >= 15 is 0 Å². The van der Waals surface area contributed by atoms with Crippen molar-refractivity contribution in [3.05, 3.63) is 4.60 Å². The molecule has 0 aliphatic heterocycles. The molecule has 0 saturated carbocycles. The van der Waals surface area contributed by atoms with Gasteiger partial charge in [0.2, 0.25) is 10.9 Å². The highest BCUT2D eigenvalue weighted by Gasteiger charge is 2.31. The Morgan fingerprint density at radius 1 is 1.47 bits per heavy atom. The summed E-state index contributed by atoms with van der Waals surface area (Å²) in [5.41, 5.74) is 0. The number of aryl methyl sites for hydroxylation is 1. The van der Waals surface area contributed by atoms with E-state index in [4.69, 9.17) is 0 Å². The van der Waals surface area contributed by atoms with Crippen LogP contribution in [0, 0.1) is 0 Å². The first kappa shape index (κ1) is 16.1. The van der Waals surface area contributed by atoms with E-state index in [1.165, 1.54) is 7.05 Å². The van der Waals surface area contributed by atoms with Crippen molar-refractivity contribution in [2.24, 2.45) is 7.05 Å². The summed E-state index contributed by atoms with van der Waals surface area (Å²) in [6.07, 6.45) is 0. The third-order valence-electron chi connectivity index (χ3n) is 2.37. The molecule has 0 spiro atoms. The van der Waals surface area contributed by atoms with E-state index in [1.54, 1.807) is 13.8 Å². The van der Waals surface area contributed by atoms with Crippen LogP contribution in [-0.2, 0) is 21.9 Å². The monoisotopic (exact) mass is 353 g/mol. The van der Waals surface area contributed by atoms with Crippen LogP contribution in [-0.4, -0.2) is 53.3 Å². The number of aromatic nitrogens is 3. The lowest BCUT2D eigenvalue weighted by Gasteiger charge is -2.19. The Morgan fingerprint density at radius 3 is 2.53 bits per heavy atom. The molecule has 1 aromatic heterocycles. The van der Waals surface area contributed by atoms with Gasteiger partial charge in [-0.2, -0.15) is 4.31 Å². The first-order valence-electron chi connectivity index (χ1n) is 5.66. The van der Waals surface area contributed by atoms with E-state index in [9.17, 15) is 13.2 Å². The topological polar surface area (TPSA) is 97.2 Å². The van der Waals surface area contributed by atoms with Crippen molar-refractivity contribution in [3.8, 4) is 0 Å². The van der Waals surface area contributed by atoms with E-state index in [0.29, 0.717) is 6.54 Å². The molecule has 19 heavy (non-hydrogen) atoms. The Labute approximate surface area is 120 Å². The molecule has 0 aliphatic rings. The van der Waals surface area contributed by atoms with Gasteiger partial charge in [0.15, 0.2) is 4.60 Å². The van der Waals surface area contributed by atoms with Crippen molar-refractivity contribution in [1.82, 2.24) is 24.6 Å². The molecule has 10 heteroatoms. The molecular weight excluding hydrogens is 338 g/mol. The second-order valence-electron chi connectivity index (χ2n) is 3.69. The van der Waals surface area contributed by atoms with Crippen LogP contribution in [0.5, 0.6) is 0 Å². The molecule has 0 aliphatic carbocycles. The van der Waals surface area contributed by atoms with E-state index in [0.717, 1.165) is 8.99 Å². The highest BCUT2D eigenvalue weighted by molar-refractivity contribution is 9.10. The molecule has 1 N–H and O–H groups in total. The Hall–Kier alpha value is -1.00. The van der Waals surface area contributed by atoms with Gasteiger partial charge in [0.05, 0.1) is 6.54 Å². The standard InChI is InChI=1S/C9H16BrN5O3S/c1-4-11-7(16)6-15(5-2)19(17,18)9-8(10)12-13-14(9)3/h4-6H2,1-3H3,(H,11,16). The lowest BCUT2D eigenvalue weighted by atomic mass is 10.5.